The van der Waals surface area contributed by atoms with Crippen molar-refractivity contribution in [3.63, 3.8) is 0 Å². The SMILES string of the molecule is CCCNc1ncc(F)cc1C(=O)N1CCCC1. The van der Waals surface area contributed by atoms with E-state index < -0.39 is 5.82 Å². The van der Waals surface area contributed by atoms with E-state index in [1.165, 1.54) is 6.07 Å². The molecule has 0 saturated carbocycles. The molecular formula is C13H18FN3O. The molecule has 5 heteroatoms. The van der Waals surface area contributed by atoms with Crippen LogP contribution in [0.5, 0.6) is 0 Å². The number of nitrogens with zero attached hydrogens (tertiary/aromatic N) is 2. The van der Waals surface area contributed by atoms with Crippen LogP contribution in [0.25, 0.3) is 0 Å². The lowest BCUT2D eigenvalue weighted by Crippen LogP contribution is -2.28. The molecule has 1 aromatic heterocycles. The number of anilines is 1. The molecule has 1 saturated heterocycles. The summed E-state index contributed by atoms with van der Waals surface area (Å²) in [6, 6.07) is 1.27. The molecule has 1 N–H and O–H groups in total. The lowest BCUT2D eigenvalue weighted by Gasteiger charge is -2.17. The third-order valence-electron chi connectivity index (χ3n) is 3.02. The fraction of sp³-hybridized carbons (Fsp3) is 0.538. The van der Waals surface area contributed by atoms with Crippen molar-refractivity contribution in [3.05, 3.63) is 23.6 Å². The van der Waals surface area contributed by atoms with Crippen LogP contribution in [0.15, 0.2) is 12.3 Å². The summed E-state index contributed by atoms with van der Waals surface area (Å²) in [4.78, 5) is 18.0. The zero-order valence-electron chi connectivity index (χ0n) is 10.6. The van der Waals surface area contributed by atoms with E-state index >= 15 is 0 Å². The summed E-state index contributed by atoms with van der Waals surface area (Å²) in [6.07, 6.45) is 4.10. The molecule has 2 heterocycles. The summed E-state index contributed by atoms with van der Waals surface area (Å²) in [5.74, 6) is -0.118. The van der Waals surface area contributed by atoms with Gasteiger partial charge in [0.2, 0.25) is 0 Å². The van der Waals surface area contributed by atoms with Gasteiger partial charge in [-0.1, -0.05) is 6.92 Å². The van der Waals surface area contributed by atoms with E-state index in [2.05, 4.69) is 10.3 Å². The van der Waals surface area contributed by atoms with Crippen LogP contribution in [-0.4, -0.2) is 35.4 Å². The highest BCUT2D eigenvalue weighted by atomic mass is 19.1. The van der Waals surface area contributed by atoms with Crippen molar-refractivity contribution < 1.29 is 9.18 Å². The number of hydrogen-bond acceptors (Lipinski definition) is 3. The highest BCUT2D eigenvalue weighted by Gasteiger charge is 2.22. The van der Waals surface area contributed by atoms with Gasteiger partial charge < -0.3 is 10.2 Å². The molecule has 1 aliphatic rings. The molecule has 4 nitrogen and oxygen atoms in total. The molecule has 1 amide bonds. The van der Waals surface area contributed by atoms with Crippen LogP contribution >= 0.6 is 0 Å². The van der Waals surface area contributed by atoms with Crippen molar-refractivity contribution in [1.82, 2.24) is 9.88 Å². The minimum Gasteiger partial charge on any atom is -0.369 e. The van der Waals surface area contributed by atoms with Crippen molar-refractivity contribution in [1.29, 1.82) is 0 Å². The molecule has 0 spiro atoms. The molecule has 0 radical (unpaired) electrons. The van der Waals surface area contributed by atoms with Gasteiger partial charge >= 0.3 is 0 Å². The van der Waals surface area contributed by atoms with E-state index in [4.69, 9.17) is 0 Å². The minimum atomic E-state index is -0.473. The van der Waals surface area contributed by atoms with Crippen LogP contribution in [0.2, 0.25) is 0 Å². The molecule has 0 unspecified atom stereocenters. The molecule has 0 aliphatic carbocycles. The third kappa shape index (κ3) is 2.78. The van der Waals surface area contributed by atoms with Gasteiger partial charge in [-0.3, -0.25) is 4.79 Å². The molecule has 1 aliphatic heterocycles. The topological polar surface area (TPSA) is 45.2 Å². The number of carbonyl (C=O) groups excluding carboxylic acids is 1. The number of amides is 1. The maximum atomic E-state index is 13.3. The van der Waals surface area contributed by atoms with Gasteiger partial charge in [-0.15, -0.1) is 0 Å². The average molecular weight is 251 g/mol. The molecule has 98 valence electrons. The lowest BCUT2D eigenvalue weighted by molar-refractivity contribution is 0.0793. The van der Waals surface area contributed by atoms with Crippen LogP contribution in [0.1, 0.15) is 36.5 Å². The van der Waals surface area contributed by atoms with Crippen LogP contribution in [0, 0.1) is 5.82 Å². The number of rotatable bonds is 4. The van der Waals surface area contributed by atoms with Gasteiger partial charge in [-0.25, -0.2) is 9.37 Å². The Balaban J connectivity index is 2.22. The van der Waals surface area contributed by atoms with Crippen LogP contribution in [0.4, 0.5) is 10.2 Å². The fourth-order valence-electron chi connectivity index (χ4n) is 2.08. The summed E-state index contributed by atoms with van der Waals surface area (Å²) >= 11 is 0. The molecular weight excluding hydrogens is 233 g/mol. The zero-order chi connectivity index (χ0) is 13.0. The van der Waals surface area contributed by atoms with E-state index in [0.717, 1.165) is 45.1 Å². The Labute approximate surface area is 106 Å². The van der Waals surface area contributed by atoms with E-state index in [-0.39, 0.29) is 5.91 Å². The molecule has 0 aromatic carbocycles. The second-order valence-corrected chi connectivity index (χ2v) is 4.48. The fourth-order valence-corrected chi connectivity index (χ4v) is 2.08. The van der Waals surface area contributed by atoms with Gasteiger partial charge in [0.05, 0.1) is 11.8 Å². The molecule has 1 aromatic rings. The third-order valence-corrected chi connectivity index (χ3v) is 3.02. The van der Waals surface area contributed by atoms with Crippen molar-refractivity contribution in [2.75, 3.05) is 25.0 Å². The normalized spacial score (nSPS) is 14.9. The predicted octanol–water partition coefficient (Wildman–Crippen LogP) is 2.28. The maximum Gasteiger partial charge on any atom is 0.257 e. The van der Waals surface area contributed by atoms with Gasteiger partial charge in [0, 0.05) is 19.6 Å². The number of halogens is 1. The summed E-state index contributed by atoms with van der Waals surface area (Å²) in [5.41, 5.74) is 0.338. The largest absolute Gasteiger partial charge is 0.369 e. The molecule has 1 fully saturated rings. The Kier molecular flexibility index (Phi) is 4.12. The maximum absolute atomic E-state index is 13.3. The Morgan fingerprint density at radius 3 is 2.89 bits per heavy atom. The first-order chi connectivity index (χ1) is 8.72. The van der Waals surface area contributed by atoms with Crippen molar-refractivity contribution in [2.45, 2.75) is 26.2 Å². The second-order valence-electron chi connectivity index (χ2n) is 4.48. The highest BCUT2D eigenvalue weighted by molar-refractivity contribution is 5.98. The lowest BCUT2D eigenvalue weighted by atomic mass is 10.2. The first-order valence-electron chi connectivity index (χ1n) is 6.41. The summed E-state index contributed by atoms with van der Waals surface area (Å²) in [6.45, 7) is 4.25. The van der Waals surface area contributed by atoms with E-state index in [9.17, 15) is 9.18 Å². The van der Waals surface area contributed by atoms with Crippen LogP contribution in [0.3, 0.4) is 0 Å². The van der Waals surface area contributed by atoms with E-state index in [1.54, 1.807) is 4.90 Å². The van der Waals surface area contributed by atoms with Crippen LogP contribution < -0.4 is 5.32 Å². The van der Waals surface area contributed by atoms with Gasteiger partial charge in [0.15, 0.2) is 0 Å². The van der Waals surface area contributed by atoms with Gasteiger partial charge in [0.25, 0.3) is 5.91 Å². The number of aromatic nitrogens is 1. The Morgan fingerprint density at radius 2 is 2.22 bits per heavy atom. The minimum absolute atomic E-state index is 0.127. The van der Waals surface area contributed by atoms with Gasteiger partial charge in [0.1, 0.15) is 11.6 Å². The number of pyridine rings is 1. The van der Waals surface area contributed by atoms with Crippen molar-refractivity contribution >= 4 is 11.7 Å². The van der Waals surface area contributed by atoms with Crippen molar-refractivity contribution in [2.24, 2.45) is 0 Å². The quantitative estimate of drug-likeness (QED) is 0.893. The number of hydrogen-bond donors (Lipinski definition) is 1. The zero-order valence-corrected chi connectivity index (χ0v) is 10.6. The summed E-state index contributed by atoms with van der Waals surface area (Å²) in [7, 11) is 0. The van der Waals surface area contributed by atoms with E-state index in [0.29, 0.717) is 11.4 Å². The van der Waals surface area contributed by atoms with Crippen molar-refractivity contribution in [3.8, 4) is 0 Å². The van der Waals surface area contributed by atoms with Gasteiger partial charge in [-0.05, 0) is 25.3 Å². The molecule has 2 rings (SSSR count). The Hall–Kier alpha value is -1.65. The van der Waals surface area contributed by atoms with E-state index in [1.807, 2.05) is 6.92 Å². The second kappa shape index (κ2) is 5.80. The molecule has 0 atom stereocenters. The van der Waals surface area contributed by atoms with Crippen LogP contribution in [-0.2, 0) is 0 Å². The monoisotopic (exact) mass is 251 g/mol. The predicted molar refractivity (Wildman–Crippen MR) is 68.1 cm³/mol. The standard InChI is InChI=1S/C13H18FN3O/c1-2-5-15-12-11(8-10(14)9-16-12)13(18)17-6-3-4-7-17/h8-9H,2-7H2,1H3,(H,15,16). The first-order valence-corrected chi connectivity index (χ1v) is 6.41. The average Bonchev–Trinajstić information content (AvgIpc) is 2.90. The smallest absolute Gasteiger partial charge is 0.257 e. The number of carbonyl (C=O) groups is 1. The summed E-state index contributed by atoms with van der Waals surface area (Å²) in [5, 5.41) is 3.07. The first kappa shape index (κ1) is 12.8. The molecule has 18 heavy (non-hydrogen) atoms. The number of nitrogens with one attached hydrogen (secondary N) is 1. The highest BCUT2D eigenvalue weighted by Crippen LogP contribution is 2.19. The molecule has 0 bridgehead atoms. The Morgan fingerprint density at radius 1 is 1.50 bits per heavy atom. The van der Waals surface area contributed by atoms with Gasteiger partial charge in [-0.2, -0.15) is 0 Å². The summed E-state index contributed by atoms with van der Waals surface area (Å²) < 4.78 is 13.3. The number of likely N-dealkylation sites (tertiary alicyclic amines) is 1. The Bertz CT molecular complexity index is 430.